The summed E-state index contributed by atoms with van der Waals surface area (Å²) in [4.78, 5) is 10.3. The monoisotopic (exact) mass is 282 g/mol. The number of rotatable bonds is 12. The lowest BCUT2D eigenvalue weighted by Crippen LogP contribution is -2.02. The molecule has 0 aliphatic heterocycles. The van der Waals surface area contributed by atoms with Crippen molar-refractivity contribution in [3.8, 4) is 11.8 Å². The molecular formula is C17H30O3. The molecule has 2 N–H and O–H groups in total. The lowest BCUT2D eigenvalue weighted by molar-refractivity contribution is -0.137. The second-order valence-electron chi connectivity index (χ2n) is 5.35. The van der Waals surface area contributed by atoms with Crippen molar-refractivity contribution in [3.63, 3.8) is 0 Å². The minimum absolute atomic E-state index is 0.303. The Balaban J connectivity index is 3.21. The summed E-state index contributed by atoms with van der Waals surface area (Å²) >= 11 is 0. The highest BCUT2D eigenvalue weighted by atomic mass is 16.4. The predicted molar refractivity (Wildman–Crippen MR) is 82.5 cm³/mol. The molecule has 0 aliphatic rings. The van der Waals surface area contributed by atoms with E-state index in [2.05, 4.69) is 18.8 Å². The Bertz CT molecular complexity index is 288. The van der Waals surface area contributed by atoms with Gasteiger partial charge in [0.15, 0.2) is 0 Å². The van der Waals surface area contributed by atoms with Crippen LogP contribution >= 0.6 is 0 Å². The van der Waals surface area contributed by atoms with Crippen LogP contribution < -0.4 is 0 Å². The lowest BCUT2D eigenvalue weighted by atomic mass is 10.1. The summed E-state index contributed by atoms with van der Waals surface area (Å²) in [6.45, 7) is 2.09. The number of hydrogen-bond donors (Lipinski definition) is 2. The van der Waals surface area contributed by atoms with Crippen LogP contribution in [0, 0.1) is 11.8 Å². The van der Waals surface area contributed by atoms with E-state index >= 15 is 0 Å². The Kier molecular flexibility index (Phi) is 13.7. The first-order valence-corrected chi connectivity index (χ1v) is 8.05. The molecule has 20 heavy (non-hydrogen) atoms. The quantitative estimate of drug-likeness (QED) is 0.418. The van der Waals surface area contributed by atoms with Gasteiger partial charge in [0, 0.05) is 12.8 Å². The van der Waals surface area contributed by atoms with Crippen molar-refractivity contribution < 1.29 is 15.0 Å². The molecule has 0 spiro atoms. The Hall–Kier alpha value is -1.01. The summed E-state index contributed by atoms with van der Waals surface area (Å²) < 4.78 is 0. The number of carboxylic acids is 1. The van der Waals surface area contributed by atoms with Crippen LogP contribution in [-0.4, -0.2) is 22.3 Å². The highest BCUT2D eigenvalue weighted by Crippen LogP contribution is 2.11. The van der Waals surface area contributed by atoms with Gasteiger partial charge in [-0.25, -0.2) is 0 Å². The fourth-order valence-electron chi connectivity index (χ4n) is 2.06. The average Bonchev–Trinajstić information content (AvgIpc) is 2.41. The fraction of sp³-hybridized carbons (Fsp3) is 0.824. The summed E-state index contributed by atoms with van der Waals surface area (Å²) in [6.07, 6.45) is 11.3. The summed E-state index contributed by atoms with van der Waals surface area (Å²) in [5.41, 5.74) is 0. The van der Waals surface area contributed by atoms with E-state index in [1.165, 1.54) is 19.3 Å². The number of aliphatic carboxylic acids is 1. The van der Waals surface area contributed by atoms with Crippen LogP contribution in [0.25, 0.3) is 0 Å². The molecule has 0 amide bonds. The van der Waals surface area contributed by atoms with E-state index in [9.17, 15) is 9.90 Å². The zero-order chi connectivity index (χ0) is 15.1. The third-order valence-corrected chi connectivity index (χ3v) is 3.26. The SMILES string of the molecule is CCCC#C[C@@H](O)CCCCCCCCCCC(=O)O. The van der Waals surface area contributed by atoms with E-state index in [0.717, 1.165) is 51.4 Å². The zero-order valence-electron chi connectivity index (χ0n) is 12.9. The lowest BCUT2D eigenvalue weighted by Gasteiger charge is -2.04. The molecule has 3 nitrogen and oxygen atoms in total. The Morgan fingerprint density at radius 1 is 1.00 bits per heavy atom. The fourth-order valence-corrected chi connectivity index (χ4v) is 2.06. The molecule has 1 atom stereocenters. The van der Waals surface area contributed by atoms with Crippen LogP contribution in [-0.2, 0) is 4.79 Å². The van der Waals surface area contributed by atoms with Gasteiger partial charge in [-0.3, -0.25) is 4.79 Å². The van der Waals surface area contributed by atoms with Crippen LogP contribution in [0.1, 0.15) is 84.0 Å². The second kappa shape index (κ2) is 14.4. The van der Waals surface area contributed by atoms with Gasteiger partial charge in [0.1, 0.15) is 6.10 Å². The first-order valence-electron chi connectivity index (χ1n) is 8.05. The smallest absolute Gasteiger partial charge is 0.303 e. The van der Waals surface area contributed by atoms with E-state index in [1.54, 1.807) is 0 Å². The number of carboxylic acid groups (broad SMARTS) is 1. The average molecular weight is 282 g/mol. The molecule has 116 valence electrons. The van der Waals surface area contributed by atoms with Crippen molar-refractivity contribution in [2.45, 2.75) is 90.1 Å². The molecule has 3 heteroatoms. The first kappa shape index (κ1) is 19.0. The maximum Gasteiger partial charge on any atom is 0.303 e. The molecule has 0 saturated carbocycles. The van der Waals surface area contributed by atoms with Gasteiger partial charge < -0.3 is 10.2 Å². The third-order valence-electron chi connectivity index (χ3n) is 3.26. The van der Waals surface area contributed by atoms with E-state index in [0.29, 0.717) is 6.42 Å². The van der Waals surface area contributed by atoms with Gasteiger partial charge in [0.25, 0.3) is 0 Å². The number of unbranched alkanes of at least 4 members (excludes halogenated alkanes) is 8. The molecule has 0 aromatic rings. The molecule has 0 rings (SSSR count). The van der Waals surface area contributed by atoms with Crippen LogP contribution in [0.15, 0.2) is 0 Å². The second-order valence-corrected chi connectivity index (χ2v) is 5.35. The summed E-state index contributed by atoms with van der Waals surface area (Å²) in [6, 6.07) is 0. The van der Waals surface area contributed by atoms with Gasteiger partial charge in [-0.15, -0.1) is 5.92 Å². The molecule has 0 unspecified atom stereocenters. The largest absolute Gasteiger partial charge is 0.481 e. The van der Waals surface area contributed by atoms with Gasteiger partial charge in [-0.1, -0.05) is 51.4 Å². The van der Waals surface area contributed by atoms with E-state index in [1.807, 2.05) is 0 Å². The van der Waals surface area contributed by atoms with E-state index in [4.69, 9.17) is 5.11 Å². The standard InChI is InChI=1S/C17H30O3/c1-2-3-10-13-16(18)14-11-8-6-4-5-7-9-12-15-17(19)20/h16,18H,2-9,11-12,14-15H2,1H3,(H,19,20)/t16-/m1/s1. The van der Waals surface area contributed by atoms with Gasteiger partial charge in [0.05, 0.1) is 0 Å². The first-order chi connectivity index (χ1) is 9.66. The molecule has 0 aromatic carbocycles. The minimum atomic E-state index is -0.689. The molecule has 0 aliphatic carbocycles. The molecular weight excluding hydrogens is 252 g/mol. The number of hydrogen-bond acceptors (Lipinski definition) is 2. The molecule has 0 heterocycles. The van der Waals surface area contributed by atoms with E-state index < -0.39 is 12.1 Å². The molecule has 0 aromatic heterocycles. The Labute approximate surface area is 123 Å². The maximum absolute atomic E-state index is 10.3. The maximum atomic E-state index is 10.3. The van der Waals surface area contributed by atoms with Crippen molar-refractivity contribution in [2.75, 3.05) is 0 Å². The van der Waals surface area contributed by atoms with Crippen LogP contribution in [0.4, 0.5) is 0 Å². The Morgan fingerprint density at radius 2 is 1.55 bits per heavy atom. The number of carbonyl (C=O) groups is 1. The number of aliphatic hydroxyl groups excluding tert-OH is 1. The molecule has 0 radical (unpaired) electrons. The van der Waals surface area contributed by atoms with Crippen LogP contribution in [0.3, 0.4) is 0 Å². The highest BCUT2D eigenvalue weighted by Gasteiger charge is 1.99. The van der Waals surface area contributed by atoms with Crippen molar-refractivity contribution >= 4 is 5.97 Å². The van der Waals surface area contributed by atoms with E-state index in [-0.39, 0.29) is 0 Å². The highest BCUT2D eigenvalue weighted by molar-refractivity contribution is 5.66. The number of aliphatic hydroxyl groups is 1. The summed E-state index contributed by atoms with van der Waals surface area (Å²) in [5.74, 6) is 5.17. The molecule has 0 saturated heterocycles. The summed E-state index contributed by atoms with van der Waals surface area (Å²) in [5, 5.41) is 18.1. The molecule has 0 bridgehead atoms. The Morgan fingerprint density at radius 3 is 2.10 bits per heavy atom. The minimum Gasteiger partial charge on any atom is -0.481 e. The zero-order valence-corrected chi connectivity index (χ0v) is 12.9. The van der Waals surface area contributed by atoms with Crippen molar-refractivity contribution in [1.29, 1.82) is 0 Å². The van der Waals surface area contributed by atoms with Gasteiger partial charge >= 0.3 is 5.97 Å². The van der Waals surface area contributed by atoms with Gasteiger partial charge in [-0.05, 0) is 25.7 Å². The van der Waals surface area contributed by atoms with Gasteiger partial charge in [0.2, 0.25) is 0 Å². The summed E-state index contributed by atoms with van der Waals surface area (Å²) in [7, 11) is 0. The normalized spacial score (nSPS) is 11.7. The van der Waals surface area contributed by atoms with Crippen molar-refractivity contribution in [2.24, 2.45) is 0 Å². The van der Waals surface area contributed by atoms with Crippen molar-refractivity contribution in [3.05, 3.63) is 0 Å². The third kappa shape index (κ3) is 15.0. The van der Waals surface area contributed by atoms with Crippen LogP contribution in [0.5, 0.6) is 0 Å². The topological polar surface area (TPSA) is 57.5 Å². The predicted octanol–water partition coefficient (Wildman–Crippen LogP) is 4.14. The molecule has 0 fully saturated rings. The van der Waals surface area contributed by atoms with Crippen LogP contribution in [0.2, 0.25) is 0 Å². The van der Waals surface area contributed by atoms with Gasteiger partial charge in [-0.2, -0.15) is 0 Å². The van der Waals surface area contributed by atoms with Crippen molar-refractivity contribution in [1.82, 2.24) is 0 Å².